The van der Waals surface area contributed by atoms with Gasteiger partial charge in [-0.25, -0.2) is 8.42 Å². The molecule has 0 aliphatic heterocycles. The lowest BCUT2D eigenvalue weighted by atomic mass is 10.1. The maximum atomic E-state index is 12.5. The highest BCUT2D eigenvalue weighted by Crippen LogP contribution is 2.20. The first-order valence-corrected chi connectivity index (χ1v) is 9.85. The van der Waals surface area contributed by atoms with Crippen molar-refractivity contribution >= 4 is 33.2 Å². The van der Waals surface area contributed by atoms with E-state index in [1.54, 1.807) is 19.1 Å². The largest absolute Gasteiger partial charge is 0.345 e. The van der Waals surface area contributed by atoms with Gasteiger partial charge < -0.3 is 10.6 Å². The van der Waals surface area contributed by atoms with Crippen molar-refractivity contribution in [3.8, 4) is 0 Å². The molecule has 2 amide bonds. The Morgan fingerprint density at radius 1 is 0.926 bits per heavy atom. The van der Waals surface area contributed by atoms with Gasteiger partial charge in [-0.1, -0.05) is 6.07 Å². The molecular weight excluding hydrogens is 366 g/mol. The van der Waals surface area contributed by atoms with E-state index in [0.29, 0.717) is 11.4 Å². The normalized spacial score (nSPS) is 12.1. The standard InChI is InChI=1S/C19H23N3O4S/c1-12-5-6-17(11-13(12)2)22-27(25,26)18-9-7-16(8-10-18)21-19(24)14(3)20-15(4)23/h5-11,14,22H,1-4H3,(H,20,23)(H,21,24)/t14-/m0/s1. The van der Waals surface area contributed by atoms with Gasteiger partial charge in [0, 0.05) is 18.3 Å². The molecule has 0 aromatic heterocycles. The second-order valence-electron chi connectivity index (χ2n) is 6.34. The van der Waals surface area contributed by atoms with Gasteiger partial charge in [0.15, 0.2) is 0 Å². The molecular formula is C19H23N3O4S. The molecule has 3 N–H and O–H groups in total. The summed E-state index contributed by atoms with van der Waals surface area (Å²) in [6, 6.07) is 10.4. The lowest BCUT2D eigenvalue weighted by molar-refractivity contribution is -0.124. The van der Waals surface area contributed by atoms with E-state index in [1.807, 2.05) is 19.9 Å². The zero-order valence-corrected chi connectivity index (χ0v) is 16.5. The summed E-state index contributed by atoms with van der Waals surface area (Å²) < 4.78 is 27.6. The number of carbonyl (C=O) groups is 2. The molecule has 8 heteroatoms. The molecule has 0 aliphatic carbocycles. The molecule has 1 atom stereocenters. The van der Waals surface area contributed by atoms with Crippen LogP contribution in [0.4, 0.5) is 11.4 Å². The van der Waals surface area contributed by atoms with Gasteiger partial charge in [-0.2, -0.15) is 0 Å². The van der Waals surface area contributed by atoms with Crippen molar-refractivity contribution in [2.45, 2.75) is 38.6 Å². The van der Waals surface area contributed by atoms with E-state index in [2.05, 4.69) is 15.4 Å². The summed E-state index contributed by atoms with van der Waals surface area (Å²) in [6.07, 6.45) is 0. The Balaban J connectivity index is 2.10. The molecule has 0 bridgehead atoms. The quantitative estimate of drug-likeness (QED) is 0.706. The van der Waals surface area contributed by atoms with Crippen molar-refractivity contribution in [3.63, 3.8) is 0 Å². The first-order chi connectivity index (χ1) is 12.6. The molecule has 0 aliphatic rings. The topological polar surface area (TPSA) is 104 Å². The molecule has 0 fully saturated rings. The van der Waals surface area contributed by atoms with Gasteiger partial charge >= 0.3 is 0 Å². The van der Waals surface area contributed by atoms with Gasteiger partial charge in [0.2, 0.25) is 11.8 Å². The number of nitrogens with one attached hydrogen (secondary N) is 3. The summed E-state index contributed by atoms with van der Waals surface area (Å²) in [5, 5.41) is 5.10. The summed E-state index contributed by atoms with van der Waals surface area (Å²) in [4.78, 5) is 23.0. The third-order valence-electron chi connectivity index (χ3n) is 4.00. The highest BCUT2D eigenvalue weighted by Gasteiger charge is 2.16. The maximum Gasteiger partial charge on any atom is 0.261 e. The van der Waals surface area contributed by atoms with Gasteiger partial charge in [-0.05, 0) is 68.3 Å². The van der Waals surface area contributed by atoms with E-state index in [-0.39, 0.29) is 10.8 Å². The van der Waals surface area contributed by atoms with Crippen LogP contribution < -0.4 is 15.4 Å². The van der Waals surface area contributed by atoms with E-state index in [9.17, 15) is 18.0 Å². The van der Waals surface area contributed by atoms with E-state index < -0.39 is 22.0 Å². The summed E-state index contributed by atoms with van der Waals surface area (Å²) >= 11 is 0. The fraction of sp³-hybridized carbons (Fsp3) is 0.263. The van der Waals surface area contributed by atoms with Gasteiger partial charge in [-0.3, -0.25) is 14.3 Å². The Morgan fingerprint density at radius 3 is 2.07 bits per heavy atom. The summed E-state index contributed by atoms with van der Waals surface area (Å²) in [5.41, 5.74) is 2.98. The van der Waals surface area contributed by atoms with Crippen LogP contribution in [-0.2, 0) is 19.6 Å². The highest BCUT2D eigenvalue weighted by molar-refractivity contribution is 7.92. The third-order valence-corrected chi connectivity index (χ3v) is 5.40. The minimum atomic E-state index is -3.74. The van der Waals surface area contributed by atoms with Crippen LogP contribution in [0.5, 0.6) is 0 Å². The molecule has 2 rings (SSSR count). The maximum absolute atomic E-state index is 12.5. The zero-order valence-electron chi connectivity index (χ0n) is 15.7. The van der Waals surface area contributed by atoms with Gasteiger partial charge in [0.05, 0.1) is 4.90 Å². The zero-order chi connectivity index (χ0) is 20.2. The number of sulfonamides is 1. The monoisotopic (exact) mass is 389 g/mol. The van der Waals surface area contributed by atoms with Crippen molar-refractivity contribution in [2.75, 3.05) is 10.0 Å². The fourth-order valence-electron chi connectivity index (χ4n) is 2.36. The Kier molecular flexibility index (Phi) is 6.22. The molecule has 0 unspecified atom stereocenters. The number of hydrogen-bond donors (Lipinski definition) is 3. The number of benzene rings is 2. The van der Waals surface area contributed by atoms with Gasteiger partial charge in [0.1, 0.15) is 6.04 Å². The minimum absolute atomic E-state index is 0.0774. The predicted molar refractivity (Wildman–Crippen MR) is 105 cm³/mol. The molecule has 2 aromatic rings. The lowest BCUT2D eigenvalue weighted by Gasteiger charge is -2.13. The first kappa shape index (κ1) is 20.4. The average Bonchev–Trinajstić information content (AvgIpc) is 2.58. The van der Waals surface area contributed by atoms with E-state index in [0.717, 1.165) is 11.1 Å². The van der Waals surface area contributed by atoms with Crippen molar-refractivity contribution in [2.24, 2.45) is 0 Å². The van der Waals surface area contributed by atoms with Crippen LogP contribution in [0.15, 0.2) is 47.4 Å². The van der Waals surface area contributed by atoms with E-state index in [4.69, 9.17) is 0 Å². The second-order valence-corrected chi connectivity index (χ2v) is 8.02. The van der Waals surface area contributed by atoms with Crippen LogP contribution in [0.25, 0.3) is 0 Å². The van der Waals surface area contributed by atoms with Crippen LogP contribution >= 0.6 is 0 Å². The van der Waals surface area contributed by atoms with E-state index >= 15 is 0 Å². The van der Waals surface area contributed by atoms with Crippen molar-refractivity contribution in [3.05, 3.63) is 53.6 Å². The van der Waals surface area contributed by atoms with Crippen molar-refractivity contribution in [1.82, 2.24) is 5.32 Å². The van der Waals surface area contributed by atoms with Crippen LogP contribution in [0.3, 0.4) is 0 Å². The number of aryl methyl sites for hydroxylation is 2. The van der Waals surface area contributed by atoms with Gasteiger partial charge in [0.25, 0.3) is 10.0 Å². The Morgan fingerprint density at radius 2 is 1.52 bits per heavy atom. The Hall–Kier alpha value is -2.87. The third kappa shape index (κ3) is 5.55. The fourth-order valence-corrected chi connectivity index (χ4v) is 3.41. The van der Waals surface area contributed by atoms with Crippen LogP contribution in [0.1, 0.15) is 25.0 Å². The number of anilines is 2. The summed E-state index contributed by atoms with van der Waals surface area (Å²) in [7, 11) is -3.74. The summed E-state index contributed by atoms with van der Waals surface area (Å²) in [6.45, 7) is 6.75. The average molecular weight is 389 g/mol. The van der Waals surface area contributed by atoms with E-state index in [1.165, 1.54) is 31.2 Å². The SMILES string of the molecule is CC(=O)N[C@@H](C)C(=O)Nc1ccc(S(=O)(=O)Nc2ccc(C)c(C)c2)cc1. The van der Waals surface area contributed by atoms with Crippen LogP contribution in [0.2, 0.25) is 0 Å². The molecule has 0 heterocycles. The summed E-state index contributed by atoms with van der Waals surface area (Å²) in [5.74, 6) is -0.703. The number of rotatable bonds is 6. The Bertz CT molecular complexity index is 953. The number of amides is 2. The molecule has 0 radical (unpaired) electrons. The minimum Gasteiger partial charge on any atom is -0.345 e. The molecule has 0 saturated heterocycles. The molecule has 27 heavy (non-hydrogen) atoms. The smallest absolute Gasteiger partial charge is 0.261 e. The second kappa shape index (κ2) is 8.22. The van der Waals surface area contributed by atoms with Crippen molar-refractivity contribution in [1.29, 1.82) is 0 Å². The Labute approximate surface area is 159 Å². The van der Waals surface area contributed by atoms with Crippen LogP contribution in [0, 0.1) is 13.8 Å². The predicted octanol–water partition coefficient (Wildman–Crippen LogP) is 2.57. The first-order valence-electron chi connectivity index (χ1n) is 8.36. The number of carbonyl (C=O) groups excluding carboxylic acids is 2. The highest BCUT2D eigenvalue weighted by atomic mass is 32.2. The molecule has 7 nitrogen and oxygen atoms in total. The molecule has 0 saturated carbocycles. The number of hydrogen-bond acceptors (Lipinski definition) is 4. The van der Waals surface area contributed by atoms with Gasteiger partial charge in [-0.15, -0.1) is 0 Å². The molecule has 2 aromatic carbocycles. The van der Waals surface area contributed by atoms with Crippen LogP contribution in [-0.4, -0.2) is 26.3 Å². The van der Waals surface area contributed by atoms with Crippen molar-refractivity contribution < 1.29 is 18.0 Å². The molecule has 144 valence electrons. The lowest BCUT2D eigenvalue weighted by Crippen LogP contribution is -2.40. The molecule has 0 spiro atoms.